The Labute approximate surface area is 134 Å². The third kappa shape index (κ3) is 4.85. The second kappa shape index (κ2) is 7.98. The molecule has 1 saturated carbocycles. The molecule has 0 radical (unpaired) electrons. The molecule has 0 aliphatic heterocycles. The molecule has 0 aromatic heterocycles. The molecule has 120 valence electrons. The second-order valence-electron chi connectivity index (χ2n) is 5.25. The highest BCUT2D eigenvalue weighted by Gasteiger charge is 2.32. The molecular formula is C18H18O5. The third-order valence-electron chi connectivity index (χ3n) is 3.90. The summed E-state index contributed by atoms with van der Waals surface area (Å²) in [5.74, 6) is 1.48. The van der Waals surface area contributed by atoms with E-state index >= 15 is 0 Å². The topological polar surface area (TPSA) is 83.8 Å². The molecule has 1 fully saturated rings. The van der Waals surface area contributed by atoms with Gasteiger partial charge in [-0.2, -0.15) is 0 Å². The van der Waals surface area contributed by atoms with Crippen LogP contribution in [0, 0.1) is 0 Å². The van der Waals surface area contributed by atoms with Crippen LogP contribution in [0.4, 0.5) is 9.59 Å². The first-order chi connectivity index (χ1) is 11.1. The molecule has 5 heteroatoms. The summed E-state index contributed by atoms with van der Waals surface area (Å²) < 4.78 is 3.08. The molecule has 2 atom stereocenters. The van der Waals surface area contributed by atoms with Gasteiger partial charge in [-0.3, -0.25) is 0 Å². The highest BCUT2D eigenvalue weighted by molar-refractivity contribution is 5.74. The van der Waals surface area contributed by atoms with Crippen LogP contribution in [-0.4, -0.2) is 22.5 Å². The lowest BCUT2D eigenvalue weighted by molar-refractivity contribution is 0.0802. The number of rotatable bonds is 2. The molecule has 1 aliphatic rings. The summed E-state index contributed by atoms with van der Waals surface area (Å²) in [5.41, 5.74) is 3.00. The second-order valence-corrected chi connectivity index (χ2v) is 5.25. The van der Waals surface area contributed by atoms with Gasteiger partial charge in [0.1, 0.15) is 0 Å². The summed E-state index contributed by atoms with van der Waals surface area (Å²) in [6.45, 7) is 0. The molecule has 3 rings (SSSR count). The van der Waals surface area contributed by atoms with Crippen LogP contribution in [-0.2, 0) is 4.74 Å². The molecule has 0 heterocycles. The summed E-state index contributed by atoms with van der Waals surface area (Å²) in [7, 11) is 0. The van der Waals surface area contributed by atoms with Crippen molar-refractivity contribution in [3.63, 3.8) is 0 Å². The molecule has 0 bridgehead atoms. The van der Waals surface area contributed by atoms with Crippen LogP contribution >= 0.6 is 0 Å². The van der Waals surface area contributed by atoms with Gasteiger partial charge in [-0.25, -0.2) is 9.59 Å². The van der Waals surface area contributed by atoms with Gasteiger partial charge >= 0.3 is 12.3 Å². The van der Waals surface area contributed by atoms with E-state index in [2.05, 4.69) is 65.4 Å². The van der Waals surface area contributed by atoms with Gasteiger partial charge in [-0.05, 0) is 35.8 Å². The molecule has 0 amide bonds. The predicted molar refractivity (Wildman–Crippen MR) is 84.7 cm³/mol. The van der Waals surface area contributed by atoms with E-state index < -0.39 is 12.3 Å². The highest BCUT2D eigenvalue weighted by Crippen LogP contribution is 2.48. The van der Waals surface area contributed by atoms with E-state index in [1.54, 1.807) is 0 Å². The van der Waals surface area contributed by atoms with Crippen LogP contribution in [0.15, 0.2) is 60.7 Å². The van der Waals surface area contributed by atoms with Crippen LogP contribution in [0.25, 0.3) is 0 Å². The number of ether oxygens (including phenoxy) is 1. The van der Waals surface area contributed by atoms with Crippen LogP contribution in [0.2, 0.25) is 0 Å². The first kappa shape index (κ1) is 16.5. The fraction of sp³-hybridized carbons (Fsp3) is 0.222. The van der Waals surface area contributed by atoms with Crippen molar-refractivity contribution in [2.24, 2.45) is 0 Å². The van der Waals surface area contributed by atoms with Crippen LogP contribution < -0.4 is 0 Å². The van der Waals surface area contributed by atoms with Gasteiger partial charge in [0, 0.05) is 0 Å². The Morgan fingerprint density at radius 2 is 1.09 bits per heavy atom. The van der Waals surface area contributed by atoms with Crippen LogP contribution in [0.1, 0.15) is 35.8 Å². The van der Waals surface area contributed by atoms with Crippen LogP contribution in [0.3, 0.4) is 0 Å². The molecule has 23 heavy (non-hydrogen) atoms. The summed E-state index contributed by atoms with van der Waals surface area (Å²) in [6, 6.07) is 21.8. The van der Waals surface area contributed by atoms with Gasteiger partial charge in [-0.15, -0.1) is 0 Å². The van der Waals surface area contributed by atoms with Gasteiger partial charge in [0.05, 0.1) is 0 Å². The number of carboxylic acid groups (broad SMARTS) is 2. The van der Waals surface area contributed by atoms with Gasteiger partial charge < -0.3 is 14.9 Å². The quantitative estimate of drug-likeness (QED) is 0.619. The van der Waals surface area contributed by atoms with Crippen molar-refractivity contribution >= 4 is 12.3 Å². The van der Waals surface area contributed by atoms with Crippen molar-refractivity contribution < 1.29 is 24.5 Å². The van der Waals surface area contributed by atoms with Gasteiger partial charge in [0.15, 0.2) is 0 Å². The van der Waals surface area contributed by atoms with E-state index in [9.17, 15) is 9.59 Å². The van der Waals surface area contributed by atoms with Crippen molar-refractivity contribution in [1.29, 1.82) is 0 Å². The molecule has 0 saturated heterocycles. The maximum atomic E-state index is 9.21. The lowest BCUT2D eigenvalue weighted by Gasteiger charge is -2.37. The number of benzene rings is 2. The SMILES string of the molecule is O=C(O)OC(=O)O.c1ccc(C2CCC2c2ccccc2)cc1. The van der Waals surface area contributed by atoms with Crippen molar-refractivity contribution in [3.05, 3.63) is 71.8 Å². The average molecular weight is 314 g/mol. The van der Waals surface area contributed by atoms with Crippen molar-refractivity contribution in [1.82, 2.24) is 0 Å². The Kier molecular flexibility index (Phi) is 5.74. The van der Waals surface area contributed by atoms with E-state index in [0.717, 1.165) is 11.8 Å². The van der Waals surface area contributed by atoms with E-state index in [4.69, 9.17) is 10.2 Å². The van der Waals surface area contributed by atoms with Gasteiger partial charge in [-0.1, -0.05) is 60.7 Å². The monoisotopic (exact) mass is 314 g/mol. The Hall–Kier alpha value is -2.82. The summed E-state index contributed by atoms with van der Waals surface area (Å²) in [4.78, 5) is 18.4. The minimum atomic E-state index is -1.81. The summed E-state index contributed by atoms with van der Waals surface area (Å²) >= 11 is 0. The molecule has 2 aromatic carbocycles. The number of hydrogen-bond acceptors (Lipinski definition) is 3. The van der Waals surface area contributed by atoms with E-state index in [1.807, 2.05) is 0 Å². The normalized spacial score (nSPS) is 18.8. The summed E-state index contributed by atoms with van der Waals surface area (Å²) in [5, 5.41) is 15.0. The Morgan fingerprint density at radius 3 is 1.30 bits per heavy atom. The lowest BCUT2D eigenvalue weighted by atomic mass is 9.67. The Morgan fingerprint density at radius 1 is 0.739 bits per heavy atom. The molecule has 0 spiro atoms. The molecule has 2 N–H and O–H groups in total. The molecule has 1 aliphatic carbocycles. The first-order valence-electron chi connectivity index (χ1n) is 7.31. The van der Waals surface area contributed by atoms with Gasteiger partial charge in [0.2, 0.25) is 0 Å². The zero-order valence-corrected chi connectivity index (χ0v) is 12.5. The van der Waals surface area contributed by atoms with Crippen molar-refractivity contribution in [2.75, 3.05) is 0 Å². The molecule has 2 unspecified atom stereocenters. The lowest BCUT2D eigenvalue weighted by Crippen LogP contribution is -2.21. The highest BCUT2D eigenvalue weighted by atomic mass is 16.7. The Bertz CT molecular complexity index is 581. The van der Waals surface area contributed by atoms with E-state index in [0.29, 0.717) is 0 Å². The van der Waals surface area contributed by atoms with Crippen molar-refractivity contribution in [3.8, 4) is 0 Å². The smallest absolute Gasteiger partial charge is 0.449 e. The fourth-order valence-electron chi connectivity index (χ4n) is 2.77. The van der Waals surface area contributed by atoms with Crippen molar-refractivity contribution in [2.45, 2.75) is 24.7 Å². The molecule has 2 aromatic rings. The minimum absolute atomic E-state index is 0.739. The first-order valence-corrected chi connectivity index (χ1v) is 7.31. The van der Waals surface area contributed by atoms with Gasteiger partial charge in [0.25, 0.3) is 0 Å². The zero-order chi connectivity index (χ0) is 16.7. The molecular weight excluding hydrogens is 296 g/mol. The third-order valence-corrected chi connectivity index (χ3v) is 3.90. The number of carbonyl (C=O) groups is 2. The number of hydrogen-bond donors (Lipinski definition) is 2. The Balaban J connectivity index is 0.000000236. The standard InChI is InChI=1S/C16H16.C2H2O5/c1-3-7-13(8-4-1)15-11-12-16(15)14-9-5-2-6-10-14;3-1(4)7-2(5)6/h1-10,15-16H,11-12H2;(H,3,4)(H,5,6). The zero-order valence-electron chi connectivity index (χ0n) is 12.5. The van der Waals surface area contributed by atoms with E-state index in [-0.39, 0.29) is 0 Å². The largest absolute Gasteiger partial charge is 0.516 e. The average Bonchev–Trinajstić information content (AvgIpc) is 2.47. The minimum Gasteiger partial charge on any atom is -0.449 e. The fourth-order valence-corrected chi connectivity index (χ4v) is 2.77. The van der Waals surface area contributed by atoms with Crippen LogP contribution in [0.5, 0.6) is 0 Å². The predicted octanol–water partition coefficient (Wildman–Crippen LogP) is 4.71. The maximum Gasteiger partial charge on any atom is 0.516 e. The maximum absolute atomic E-state index is 9.21. The van der Waals surface area contributed by atoms with E-state index in [1.165, 1.54) is 24.0 Å². The summed E-state index contributed by atoms with van der Waals surface area (Å²) in [6.07, 6.45) is -0.951. The molecule has 5 nitrogen and oxygen atoms in total.